The summed E-state index contributed by atoms with van der Waals surface area (Å²) in [6.45, 7) is 0.527. The third kappa shape index (κ3) is 3.89. The van der Waals surface area contributed by atoms with Crippen molar-refractivity contribution in [2.24, 2.45) is 5.92 Å². The Labute approximate surface area is 169 Å². The molecule has 11 heteroatoms. The molecule has 154 valence electrons. The molecule has 0 radical (unpaired) electrons. The maximum Gasteiger partial charge on any atom is 0.348 e. The normalized spacial score (nSPS) is 16.3. The predicted molar refractivity (Wildman–Crippen MR) is 104 cm³/mol. The average molecular weight is 440 g/mol. The molecule has 0 bridgehead atoms. The third-order valence-corrected chi connectivity index (χ3v) is 7.79. The Kier molecular flexibility index (Phi) is 5.36. The highest BCUT2D eigenvalue weighted by Gasteiger charge is 2.31. The van der Waals surface area contributed by atoms with Crippen LogP contribution in [-0.2, 0) is 16.4 Å². The van der Waals surface area contributed by atoms with Crippen molar-refractivity contribution in [3.63, 3.8) is 0 Å². The summed E-state index contributed by atoms with van der Waals surface area (Å²) in [5.41, 5.74) is -0.305. The van der Waals surface area contributed by atoms with Gasteiger partial charge in [-0.2, -0.15) is 9.40 Å². The van der Waals surface area contributed by atoms with Gasteiger partial charge in [0.25, 0.3) is 0 Å². The first-order valence-electron chi connectivity index (χ1n) is 9.01. The van der Waals surface area contributed by atoms with Gasteiger partial charge in [-0.1, -0.05) is 0 Å². The molecule has 0 spiro atoms. The van der Waals surface area contributed by atoms with Crippen LogP contribution in [0.3, 0.4) is 0 Å². The van der Waals surface area contributed by atoms with Gasteiger partial charge in [0.15, 0.2) is 11.6 Å². The Morgan fingerprint density at radius 2 is 1.93 bits per heavy atom. The number of hydrogen-bond acceptors (Lipinski definition) is 5. The second kappa shape index (κ2) is 7.81. The van der Waals surface area contributed by atoms with Gasteiger partial charge in [-0.3, -0.25) is 0 Å². The maximum atomic E-state index is 13.4. The number of piperidine rings is 1. The molecule has 1 aromatic carbocycles. The molecule has 1 aliphatic rings. The molecule has 0 saturated carbocycles. The van der Waals surface area contributed by atoms with Crippen LogP contribution in [0.2, 0.25) is 0 Å². The molecule has 29 heavy (non-hydrogen) atoms. The maximum absolute atomic E-state index is 13.4. The summed E-state index contributed by atoms with van der Waals surface area (Å²) < 4.78 is 54.8. The Morgan fingerprint density at radius 3 is 2.59 bits per heavy atom. The van der Waals surface area contributed by atoms with Crippen molar-refractivity contribution >= 4 is 21.4 Å². The van der Waals surface area contributed by atoms with Gasteiger partial charge >= 0.3 is 5.69 Å². The van der Waals surface area contributed by atoms with Crippen molar-refractivity contribution in [3.8, 4) is 5.00 Å². The van der Waals surface area contributed by atoms with Crippen LogP contribution in [0.5, 0.6) is 0 Å². The van der Waals surface area contributed by atoms with Gasteiger partial charge in [-0.25, -0.2) is 31.7 Å². The zero-order valence-corrected chi connectivity index (χ0v) is 16.8. The van der Waals surface area contributed by atoms with E-state index >= 15 is 0 Å². The first-order valence-corrected chi connectivity index (χ1v) is 11.3. The standard InChI is InChI=1S/C18H18F2N4O3S2/c19-14-4-3-13(11-15(14)20)29(26,27)23-7-5-12(6-8-23)10-16-21-22-18(25)24(16)17-2-1-9-28-17/h1-4,9,11-12H,5-8,10H2,(H,22,25). The summed E-state index contributed by atoms with van der Waals surface area (Å²) in [4.78, 5) is 11.8. The number of nitrogens with one attached hydrogen (secondary N) is 1. The molecule has 7 nitrogen and oxygen atoms in total. The quantitative estimate of drug-likeness (QED) is 0.661. The molecule has 3 aromatic rings. The number of rotatable bonds is 5. The van der Waals surface area contributed by atoms with Crippen LogP contribution >= 0.6 is 11.3 Å². The number of thiophene rings is 1. The molecule has 1 fully saturated rings. The molecule has 0 aliphatic carbocycles. The fraction of sp³-hybridized carbons (Fsp3) is 0.333. The monoisotopic (exact) mass is 440 g/mol. The lowest BCUT2D eigenvalue weighted by molar-refractivity contribution is 0.269. The number of H-pyrrole nitrogens is 1. The summed E-state index contributed by atoms with van der Waals surface area (Å²) in [7, 11) is -3.89. The zero-order chi connectivity index (χ0) is 20.6. The number of aromatic amines is 1. The molecular weight excluding hydrogens is 422 g/mol. The minimum Gasteiger partial charge on any atom is -0.246 e. The van der Waals surface area contributed by atoms with Crippen LogP contribution in [0, 0.1) is 17.6 Å². The van der Waals surface area contributed by atoms with Crippen LogP contribution in [0.1, 0.15) is 18.7 Å². The van der Waals surface area contributed by atoms with Crippen molar-refractivity contribution in [1.29, 1.82) is 0 Å². The highest BCUT2D eigenvalue weighted by molar-refractivity contribution is 7.89. The van der Waals surface area contributed by atoms with Gasteiger partial charge in [0.2, 0.25) is 10.0 Å². The molecule has 4 rings (SSSR count). The Morgan fingerprint density at radius 1 is 1.17 bits per heavy atom. The number of benzene rings is 1. The second-order valence-corrected chi connectivity index (χ2v) is 9.72. The molecule has 3 heterocycles. The summed E-state index contributed by atoms with van der Waals surface area (Å²) >= 11 is 1.43. The first-order chi connectivity index (χ1) is 13.9. The van der Waals surface area contributed by atoms with E-state index in [2.05, 4.69) is 10.2 Å². The van der Waals surface area contributed by atoms with Gasteiger partial charge in [0.1, 0.15) is 10.8 Å². The number of halogens is 2. The smallest absolute Gasteiger partial charge is 0.246 e. The molecule has 0 unspecified atom stereocenters. The van der Waals surface area contributed by atoms with Gasteiger partial charge in [0, 0.05) is 19.5 Å². The molecule has 2 aromatic heterocycles. The van der Waals surface area contributed by atoms with Crippen LogP contribution in [0.15, 0.2) is 45.4 Å². The van der Waals surface area contributed by atoms with Gasteiger partial charge < -0.3 is 0 Å². The van der Waals surface area contributed by atoms with E-state index in [1.165, 1.54) is 20.2 Å². The van der Waals surface area contributed by atoms with E-state index in [4.69, 9.17) is 0 Å². The Hall–Kier alpha value is -2.37. The minimum absolute atomic E-state index is 0.153. The summed E-state index contributed by atoms with van der Waals surface area (Å²) in [6, 6.07) is 6.28. The largest absolute Gasteiger partial charge is 0.348 e. The Bertz CT molecular complexity index is 1160. The number of aromatic nitrogens is 3. The lowest BCUT2D eigenvalue weighted by atomic mass is 9.94. The van der Waals surface area contributed by atoms with Gasteiger partial charge in [-0.15, -0.1) is 11.3 Å². The zero-order valence-electron chi connectivity index (χ0n) is 15.2. The molecule has 0 atom stereocenters. The van der Waals surface area contributed by atoms with E-state index in [1.54, 1.807) is 0 Å². The lowest BCUT2D eigenvalue weighted by Crippen LogP contribution is -2.39. The fourth-order valence-electron chi connectivity index (χ4n) is 3.49. The third-order valence-electron chi connectivity index (χ3n) is 5.04. The number of sulfonamides is 1. The van der Waals surface area contributed by atoms with Crippen molar-refractivity contribution in [2.45, 2.75) is 24.2 Å². The van der Waals surface area contributed by atoms with E-state index in [0.29, 0.717) is 31.2 Å². The van der Waals surface area contributed by atoms with Crippen LogP contribution in [0.4, 0.5) is 8.78 Å². The van der Waals surface area contributed by atoms with E-state index in [1.807, 2.05) is 17.5 Å². The average Bonchev–Trinajstić information content (AvgIpc) is 3.34. The SMILES string of the molecule is O=c1[nH]nc(CC2CCN(S(=O)(=O)c3ccc(F)c(F)c3)CC2)n1-c1cccs1. The van der Waals surface area contributed by atoms with Crippen molar-refractivity contribution in [1.82, 2.24) is 19.1 Å². The van der Waals surface area contributed by atoms with Gasteiger partial charge in [0.05, 0.1) is 4.90 Å². The summed E-state index contributed by atoms with van der Waals surface area (Å²) in [5.74, 6) is -1.51. The van der Waals surface area contributed by atoms with E-state index in [-0.39, 0.29) is 29.6 Å². The highest BCUT2D eigenvalue weighted by Crippen LogP contribution is 2.27. The van der Waals surface area contributed by atoms with Crippen molar-refractivity contribution < 1.29 is 17.2 Å². The van der Waals surface area contributed by atoms with Crippen LogP contribution < -0.4 is 5.69 Å². The predicted octanol–water partition coefficient (Wildman–Crippen LogP) is 2.54. The fourth-order valence-corrected chi connectivity index (χ4v) is 5.72. The molecule has 1 aliphatic heterocycles. The van der Waals surface area contributed by atoms with Crippen LogP contribution in [0.25, 0.3) is 5.00 Å². The second-order valence-electron chi connectivity index (χ2n) is 6.86. The summed E-state index contributed by atoms with van der Waals surface area (Å²) in [6.07, 6.45) is 1.69. The number of hydrogen-bond donors (Lipinski definition) is 1. The molecule has 0 amide bonds. The number of nitrogens with zero attached hydrogens (tertiary/aromatic N) is 3. The van der Waals surface area contributed by atoms with Crippen LogP contribution in [-0.4, -0.2) is 40.6 Å². The Balaban J connectivity index is 1.45. The molecule has 1 saturated heterocycles. The topological polar surface area (TPSA) is 88.1 Å². The molecule has 1 N–H and O–H groups in total. The van der Waals surface area contributed by atoms with E-state index < -0.39 is 21.7 Å². The van der Waals surface area contributed by atoms with Gasteiger partial charge in [-0.05, 0) is 54.5 Å². The van der Waals surface area contributed by atoms with Crippen molar-refractivity contribution in [3.05, 3.63) is 63.7 Å². The van der Waals surface area contributed by atoms with E-state index in [9.17, 15) is 22.0 Å². The molecular formula is C18H18F2N4O3S2. The lowest BCUT2D eigenvalue weighted by Gasteiger charge is -2.31. The first kappa shape index (κ1) is 19.9. The summed E-state index contributed by atoms with van der Waals surface area (Å²) in [5, 5.41) is 9.24. The highest BCUT2D eigenvalue weighted by atomic mass is 32.2. The minimum atomic E-state index is -3.89. The van der Waals surface area contributed by atoms with E-state index in [0.717, 1.165) is 17.1 Å². The van der Waals surface area contributed by atoms with Crippen molar-refractivity contribution in [2.75, 3.05) is 13.1 Å².